The summed E-state index contributed by atoms with van der Waals surface area (Å²) in [5.74, 6) is -8.59. The second-order valence-corrected chi connectivity index (χ2v) is 33.4. The van der Waals surface area contributed by atoms with Gasteiger partial charge in [0.05, 0.1) is 128 Å². The van der Waals surface area contributed by atoms with Crippen molar-refractivity contribution >= 4 is 76.9 Å². The summed E-state index contributed by atoms with van der Waals surface area (Å²) < 4.78 is 44.6. The summed E-state index contributed by atoms with van der Waals surface area (Å²) in [5, 5.41) is 100. The maximum Gasteiger partial charge on any atom is 0.411 e. The average Bonchev–Trinajstić information content (AvgIpc) is 1.78. The molecule has 2 heterocycles. The van der Waals surface area contributed by atoms with Crippen LogP contribution in [0.15, 0.2) is 66.7 Å². The quantitative estimate of drug-likeness (QED) is 0.0305. The van der Waals surface area contributed by atoms with Crippen LogP contribution in [-0.2, 0) is 85.8 Å². The molecule has 40 nitrogen and oxygen atoms in total. The number of likely N-dealkylation sites (tertiary alicyclic amines) is 1. The van der Waals surface area contributed by atoms with Gasteiger partial charge in [-0.25, -0.2) is 9.59 Å². The number of rotatable bonds is 62. The highest BCUT2D eigenvalue weighted by molar-refractivity contribution is 6.12. The van der Waals surface area contributed by atoms with Gasteiger partial charge in [0.1, 0.15) is 54.7 Å². The Morgan fingerprint density at radius 3 is 1.61 bits per heavy atom. The lowest BCUT2D eigenvalue weighted by Gasteiger charge is -2.41. The summed E-state index contributed by atoms with van der Waals surface area (Å²) in [7, 11) is 5.75. The Morgan fingerprint density at radius 1 is 0.567 bits per heavy atom. The van der Waals surface area contributed by atoms with Gasteiger partial charge < -0.3 is 131 Å². The van der Waals surface area contributed by atoms with Crippen molar-refractivity contribution in [1.29, 1.82) is 0 Å². The van der Waals surface area contributed by atoms with Gasteiger partial charge in [-0.05, 0) is 86.8 Å². The third-order valence-corrected chi connectivity index (χ3v) is 21.9. The summed E-state index contributed by atoms with van der Waals surface area (Å²) in [5.41, 5.74) is 6.02. The molecule has 0 radical (unpaired) electrons. The second kappa shape index (κ2) is 57.8. The molecule has 2 aliphatic rings. The fourth-order valence-electron chi connectivity index (χ4n) is 14.6. The van der Waals surface area contributed by atoms with E-state index < -0.39 is 213 Å². The third kappa shape index (κ3) is 37.9. The minimum atomic E-state index is -1.88. The Hall–Kier alpha value is -8.98. The van der Waals surface area contributed by atoms with E-state index in [0.717, 1.165) is 9.80 Å². The highest BCUT2D eigenvalue weighted by atomic mass is 16.6. The normalized spacial score (nSPS) is 17.8. The number of nitrogens with two attached hydrogens (primary N) is 1. The number of benzene rings is 2. The van der Waals surface area contributed by atoms with E-state index in [1.807, 2.05) is 19.9 Å². The maximum atomic E-state index is 15.2. The molecule has 1 fully saturated rings. The molecule has 2 aromatic rings. The maximum absolute atomic E-state index is 15.2. The Bertz CT molecular complexity index is 3720. The molecule has 0 aromatic heterocycles. The zero-order valence-electron chi connectivity index (χ0n) is 75.8. The lowest BCUT2D eigenvalue weighted by molar-refractivity contribution is -0.148. The van der Waals surface area contributed by atoms with Gasteiger partial charge in [0.15, 0.2) is 0 Å². The number of aliphatic hydroxyl groups excluding tert-OH is 8. The number of ether oxygens (including phenoxy) is 8. The zero-order chi connectivity index (χ0) is 94.7. The first kappa shape index (κ1) is 110. The van der Waals surface area contributed by atoms with Crippen LogP contribution in [0.2, 0.25) is 0 Å². The first-order valence-electron chi connectivity index (χ1n) is 43.5. The Balaban J connectivity index is 1.53. The van der Waals surface area contributed by atoms with Crippen molar-refractivity contribution < 1.29 is 136 Å². The predicted molar refractivity (Wildman–Crippen MR) is 463 cm³/mol. The second-order valence-electron chi connectivity index (χ2n) is 33.4. The van der Waals surface area contributed by atoms with Crippen LogP contribution < -0.4 is 43.0 Å². The van der Waals surface area contributed by atoms with Gasteiger partial charge in [-0.2, -0.15) is 0 Å². The molecule has 2 aromatic carbocycles. The number of hydrogen-bond donors (Lipinski definition) is 16. The van der Waals surface area contributed by atoms with Crippen molar-refractivity contribution in [1.82, 2.24) is 51.5 Å². The average molecular weight is 1800 g/mol. The van der Waals surface area contributed by atoms with Crippen LogP contribution in [0.3, 0.4) is 0 Å². The van der Waals surface area contributed by atoms with Gasteiger partial charge >= 0.3 is 12.1 Å². The summed E-state index contributed by atoms with van der Waals surface area (Å²) in [6.45, 7) is 14.0. The molecule has 19 atom stereocenters. The molecule has 0 saturated carbocycles. The van der Waals surface area contributed by atoms with Crippen LogP contribution in [0, 0.1) is 29.6 Å². The Labute approximate surface area is 744 Å². The summed E-state index contributed by atoms with van der Waals surface area (Å²) in [4.78, 5) is 170. The van der Waals surface area contributed by atoms with Crippen molar-refractivity contribution in [3.05, 3.63) is 77.9 Å². The predicted octanol–water partition coefficient (Wildman–Crippen LogP) is -0.0250. The van der Waals surface area contributed by atoms with Crippen molar-refractivity contribution in [2.45, 2.75) is 237 Å². The van der Waals surface area contributed by atoms with Crippen LogP contribution in [0.4, 0.5) is 15.3 Å². The zero-order valence-corrected chi connectivity index (χ0v) is 75.8. The van der Waals surface area contributed by atoms with Crippen molar-refractivity contribution in [2.24, 2.45) is 35.3 Å². The molecule has 4 rings (SSSR count). The lowest BCUT2D eigenvalue weighted by Crippen LogP contribution is -2.60. The number of carbonyl (C=O) groups excluding carboxylic acids is 12. The minimum absolute atomic E-state index is 0.00637. The van der Waals surface area contributed by atoms with E-state index >= 15 is 4.79 Å². The van der Waals surface area contributed by atoms with Gasteiger partial charge in [0, 0.05) is 84.3 Å². The number of likely N-dealkylation sites (N-methyl/N-ethyl adjacent to an activating group) is 2. The fourth-order valence-corrected chi connectivity index (χ4v) is 14.6. The largest absolute Gasteiger partial charge is 0.431 e. The molecule has 1 saturated heterocycles. The monoisotopic (exact) mass is 1800 g/mol. The van der Waals surface area contributed by atoms with Crippen LogP contribution in [0.1, 0.15) is 157 Å². The van der Waals surface area contributed by atoms with E-state index in [1.54, 1.807) is 91.6 Å². The molecule has 7 unspecified atom stereocenters. The number of imide groups is 1. The van der Waals surface area contributed by atoms with Crippen LogP contribution in [0.25, 0.3) is 0 Å². The number of primary amides is 1. The molecular formula is C87H142N12O28. The van der Waals surface area contributed by atoms with Crippen LogP contribution in [0.5, 0.6) is 0 Å². The Morgan fingerprint density at radius 2 is 1.11 bits per heavy atom. The molecular weight excluding hydrogens is 1660 g/mol. The fraction of sp³-hybridized carbons (Fsp3) is 0.701. The first-order valence-corrected chi connectivity index (χ1v) is 43.5. The van der Waals surface area contributed by atoms with Crippen molar-refractivity contribution in [3.8, 4) is 0 Å². The standard InChI is InChI=1S/C87H142N12O28/c1-15-54(8)76(68(120-13)38-72(110)98-37-23-27-67(98)78(121-14)55(9)80(112)91-56(10)77(111)57-24-18-16-19-25-57)96(11)85(117)74(52(4)5)95-83(115)75(53(6)7)97(12)87(119)127-79(84(116)90-39-60(101)41-122-43-62(103)45-124-47-64(105)49-126-50-65(106)48-125-46-63(104)44-123-42-61(102)40-100)58-29-31-59(32-30-58)92-81(113)66(26-22-35-89-86(88)118)93-82(114)73(51(2)3)94-69(107)28-20-17-21-36-99-70(108)33-34-71(99)109/h16,18-19,24-25,29-34,51-56,60-68,73-79,100-106,111H,15,17,20-23,26-28,35-50H2,1-14H3,(H,90,116)(H,91,112)(H,92,113)(H,93,114)(H,94,107)(H,95,115)(H3,88,89,118)/t54-,55+,56+,60?,61?,62?,63?,64?,65?,66-,67-,68+,73-,74-,75-,76-,77+,78+,79?/m0/s1. The SMILES string of the molecule is CC[C@H](C)[C@@H]([C@@H](CC(=O)N1CCC[C@H]1[C@H](OC)[C@@H](C)C(=O)N[C@H](C)[C@@H](O)c1ccccc1)OC)N(C)C(=O)[C@@H](NC(=O)[C@H](C(C)C)N(C)C(=O)OC(C(=O)NCC(O)COCC(O)COCC(O)COCC(O)COCC(O)COCC(O)CO)c1ccc(NC(=O)[C@H](CCCNC(N)=O)NC(=O)[C@@H](NC(=O)CCCCCN2C(=O)C=CC2=O)C(C)C)cc1)C(C)C. The number of carbonyl (C=O) groups is 12. The Kier molecular flexibility index (Phi) is 50.3. The lowest BCUT2D eigenvalue weighted by atomic mass is 9.89. The number of aliphatic hydroxyl groups is 8. The minimum Gasteiger partial charge on any atom is -0.431 e. The number of methoxy groups -OCH3 is 2. The van der Waals surface area contributed by atoms with Gasteiger partial charge in [-0.1, -0.05) is 118 Å². The number of nitrogens with one attached hydrogen (secondary N) is 7. The summed E-state index contributed by atoms with van der Waals surface area (Å²) >= 11 is 0. The van der Waals surface area contributed by atoms with Crippen LogP contribution >= 0.6 is 0 Å². The van der Waals surface area contributed by atoms with Gasteiger partial charge in [0.2, 0.25) is 47.5 Å². The van der Waals surface area contributed by atoms with E-state index in [2.05, 4.69) is 37.2 Å². The van der Waals surface area contributed by atoms with E-state index in [4.69, 9.17) is 48.7 Å². The van der Waals surface area contributed by atoms with Crippen molar-refractivity contribution in [3.63, 3.8) is 0 Å². The number of unbranched alkanes of at least 4 members (excludes halogenated alkanes) is 2. The summed E-state index contributed by atoms with van der Waals surface area (Å²) in [6.07, 6.45) is -7.69. The van der Waals surface area contributed by atoms with E-state index in [9.17, 15) is 88.5 Å². The molecule has 0 bridgehead atoms. The number of nitrogens with zero attached hydrogens (tertiary/aromatic N) is 4. The van der Waals surface area contributed by atoms with Crippen LogP contribution in [-0.4, -0.2) is 350 Å². The molecule has 0 spiro atoms. The van der Waals surface area contributed by atoms with Gasteiger partial charge in [-0.3, -0.25) is 57.7 Å². The number of urea groups is 1. The number of hydrogen-bond acceptors (Lipinski definition) is 28. The van der Waals surface area contributed by atoms with E-state index in [1.165, 1.54) is 62.6 Å². The van der Waals surface area contributed by atoms with E-state index in [-0.39, 0.29) is 121 Å². The highest BCUT2D eigenvalue weighted by Crippen LogP contribution is 2.32. The third-order valence-electron chi connectivity index (χ3n) is 21.9. The first-order chi connectivity index (χ1) is 60.2. The summed E-state index contributed by atoms with van der Waals surface area (Å²) in [6, 6.07) is 6.51. The van der Waals surface area contributed by atoms with E-state index in [0.29, 0.717) is 50.6 Å². The van der Waals surface area contributed by atoms with Gasteiger partial charge in [-0.15, -0.1) is 0 Å². The van der Waals surface area contributed by atoms with Crippen molar-refractivity contribution in [2.75, 3.05) is 132 Å². The molecule has 17 N–H and O–H groups in total. The smallest absolute Gasteiger partial charge is 0.411 e. The molecule has 0 aliphatic carbocycles. The molecule has 13 amide bonds. The molecule has 40 heteroatoms. The molecule has 718 valence electrons. The topological polar surface area (TPSA) is 564 Å². The van der Waals surface area contributed by atoms with Gasteiger partial charge in [0.25, 0.3) is 17.7 Å². The number of amides is 13. The molecule has 2 aliphatic heterocycles. The number of anilines is 1. The molecule has 127 heavy (non-hydrogen) atoms. The highest BCUT2D eigenvalue weighted by Gasteiger charge is 2.45.